The zero-order valence-corrected chi connectivity index (χ0v) is 12.8. The Bertz CT molecular complexity index is 455. The van der Waals surface area contributed by atoms with Crippen molar-refractivity contribution >= 4 is 17.5 Å². The molecule has 0 aliphatic heterocycles. The molecule has 0 aliphatic rings. The number of carbonyl (C=O) groups excluding carboxylic acids is 1. The first-order valence-electron chi connectivity index (χ1n) is 6.89. The lowest BCUT2D eigenvalue weighted by Crippen LogP contribution is -2.33. The molecule has 0 radical (unpaired) electrons. The monoisotopic (exact) mass is 321 g/mol. The molecule has 21 heavy (non-hydrogen) atoms. The van der Waals surface area contributed by atoms with Crippen molar-refractivity contribution in [2.75, 3.05) is 6.54 Å². The van der Waals surface area contributed by atoms with E-state index in [-0.39, 0.29) is 10.9 Å². The van der Waals surface area contributed by atoms with Crippen LogP contribution < -0.4 is 5.32 Å². The number of rotatable bonds is 6. The van der Waals surface area contributed by atoms with Crippen LogP contribution in [0.4, 0.5) is 13.2 Å². The third-order valence-electron chi connectivity index (χ3n) is 3.49. The third kappa shape index (κ3) is 5.23. The maximum Gasteiger partial charge on any atom is 0.416 e. The zero-order valence-electron chi connectivity index (χ0n) is 12.0. The van der Waals surface area contributed by atoms with Crippen LogP contribution in [0.2, 0.25) is 0 Å². The molecule has 2 nitrogen and oxygen atoms in total. The maximum absolute atomic E-state index is 12.4. The molecule has 1 unspecified atom stereocenters. The molecule has 0 heterocycles. The maximum atomic E-state index is 12.4. The molecule has 1 aromatic carbocycles. The summed E-state index contributed by atoms with van der Waals surface area (Å²) in [6, 6.07) is 4.12. The predicted octanol–water partition coefficient (Wildman–Crippen LogP) is 4.48. The second kappa shape index (κ2) is 7.69. The van der Waals surface area contributed by atoms with Crippen LogP contribution in [0.25, 0.3) is 0 Å². The van der Waals surface area contributed by atoms with Crippen LogP contribution in [0.15, 0.2) is 24.3 Å². The largest absolute Gasteiger partial charge is 0.416 e. The minimum atomic E-state index is -4.40. The fraction of sp³-hybridized carbons (Fsp3) is 0.533. The Hall–Kier alpha value is -1.23. The van der Waals surface area contributed by atoms with Crippen molar-refractivity contribution in [1.29, 1.82) is 0 Å². The average Bonchev–Trinajstić information content (AvgIpc) is 2.45. The van der Waals surface area contributed by atoms with Crippen LogP contribution in [-0.4, -0.2) is 17.8 Å². The molecule has 0 aromatic heterocycles. The highest BCUT2D eigenvalue weighted by Gasteiger charge is 2.30. The number of nitrogens with one attached hydrogen (secondary N) is 1. The summed E-state index contributed by atoms with van der Waals surface area (Å²) in [4.78, 5) is 11.9. The molecule has 6 heteroatoms. The summed E-state index contributed by atoms with van der Waals surface area (Å²) < 4.78 is 37.3. The van der Waals surface area contributed by atoms with Gasteiger partial charge in [-0.15, -0.1) is 11.6 Å². The summed E-state index contributed by atoms with van der Waals surface area (Å²) in [5.74, 6) is -0.111. The lowest BCUT2D eigenvalue weighted by Gasteiger charge is -2.19. The Morgan fingerprint density at radius 2 is 1.71 bits per heavy atom. The molecule has 1 amide bonds. The van der Waals surface area contributed by atoms with Crippen LogP contribution >= 0.6 is 11.6 Å². The Morgan fingerprint density at radius 3 is 2.14 bits per heavy atom. The zero-order chi connectivity index (χ0) is 16.0. The number of hydrogen-bond donors (Lipinski definition) is 1. The molecule has 1 atom stereocenters. The Kier molecular flexibility index (Phi) is 6.52. The first-order chi connectivity index (χ1) is 9.79. The summed E-state index contributed by atoms with van der Waals surface area (Å²) in [7, 11) is 0. The van der Waals surface area contributed by atoms with E-state index in [0.717, 1.165) is 25.0 Å². The van der Waals surface area contributed by atoms with Gasteiger partial charge in [0.25, 0.3) is 5.91 Å². The molecule has 0 aliphatic carbocycles. The molecular formula is C15H19ClF3NO. The Labute approximate surface area is 127 Å². The smallest absolute Gasteiger partial charge is 0.351 e. The van der Waals surface area contributed by atoms with Crippen molar-refractivity contribution < 1.29 is 18.0 Å². The third-order valence-corrected chi connectivity index (χ3v) is 4.00. The summed E-state index contributed by atoms with van der Waals surface area (Å²) in [6.07, 6.45) is -2.56. The first-order valence-corrected chi connectivity index (χ1v) is 7.32. The molecular weight excluding hydrogens is 303 g/mol. The van der Waals surface area contributed by atoms with Gasteiger partial charge in [-0.25, -0.2) is 0 Å². The van der Waals surface area contributed by atoms with E-state index in [4.69, 9.17) is 11.6 Å². The molecule has 1 aromatic rings. The molecule has 0 bridgehead atoms. The van der Waals surface area contributed by atoms with E-state index in [9.17, 15) is 18.0 Å². The van der Waals surface area contributed by atoms with E-state index in [1.807, 2.05) is 13.8 Å². The van der Waals surface area contributed by atoms with Gasteiger partial charge in [-0.3, -0.25) is 4.79 Å². The van der Waals surface area contributed by atoms with Crippen molar-refractivity contribution in [2.45, 2.75) is 38.2 Å². The predicted molar refractivity (Wildman–Crippen MR) is 77.5 cm³/mol. The van der Waals surface area contributed by atoms with Crippen molar-refractivity contribution in [1.82, 2.24) is 5.32 Å². The molecule has 0 fully saturated rings. The SMILES string of the molecule is CCC(CC)C(Cl)CNC(=O)c1ccc(C(F)(F)F)cc1. The first kappa shape index (κ1) is 17.8. The van der Waals surface area contributed by atoms with E-state index in [1.54, 1.807) is 0 Å². The fourth-order valence-electron chi connectivity index (χ4n) is 2.07. The number of hydrogen-bond acceptors (Lipinski definition) is 1. The highest BCUT2D eigenvalue weighted by Crippen LogP contribution is 2.29. The standard InChI is InChI=1S/C15H19ClF3NO/c1-3-10(4-2)13(16)9-20-14(21)11-5-7-12(8-6-11)15(17,18)19/h5-8,10,13H,3-4,9H2,1-2H3,(H,20,21). The normalized spacial score (nSPS) is 13.3. The van der Waals surface area contributed by atoms with Gasteiger partial charge in [0.1, 0.15) is 0 Å². The Morgan fingerprint density at radius 1 is 1.19 bits per heavy atom. The molecule has 0 saturated carbocycles. The summed E-state index contributed by atoms with van der Waals surface area (Å²) >= 11 is 6.20. The van der Waals surface area contributed by atoms with Gasteiger partial charge < -0.3 is 5.32 Å². The fourth-order valence-corrected chi connectivity index (χ4v) is 2.50. The average molecular weight is 322 g/mol. The van der Waals surface area contributed by atoms with E-state index < -0.39 is 17.6 Å². The van der Waals surface area contributed by atoms with Crippen molar-refractivity contribution in [2.24, 2.45) is 5.92 Å². The van der Waals surface area contributed by atoms with Gasteiger partial charge >= 0.3 is 6.18 Å². The summed E-state index contributed by atoms with van der Waals surface area (Å²) in [6.45, 7) is 4.36. The number of benzene rings is 1. The molecule has 0 spiro atoms. The van der Waals surface area contributed by atoms with Gasteiger partial charge in [0.15, 0.2) is 0 Å². The van der Waals surface area contributed by atoms with Crippen LogP contribution in [-0.2, 0) is 6.18 Å². The van der Waals surface area contributed by atoms with Gasteiger partial charge in [0.2, 0.25) is 0 Å². The van der Waals surface area contributed by atoms with Crippen molar-refractivity contribution in [3.63, 3.8) is 0 Å². The van der Waals surface area contributed by atoms with E-state index in [2.05, 4.69) is 5.32 Å². The molecule has 1 rings (SSSR count). The highest BCUT2D eigenvalue weighted by atomic mass is 35.5. The van der Waals surface area contributed by atoms with Crippen molar-refractivity contribution in [3.05, 3.63) is 35.4 Å². The van der Waals surface area contributed by atoms with Crippen LogP contribution in [0.1, 0.15) is 42.6 Å². The van der Waals surface area contributed by atoms with E-state index in [0.29, 0.717) is 12.5 Å². The van der Waals surface area contributed by atoms with Gasteiger partial charge in [0.05, 0.1) is 10.9 Å². The summed E-state index contributed by atoms with van der Waals surface area (Å²) in [5, 5.41) is 2.47. The van der Waals surface area contributed by atoms with E-state index in [1.165, 1.54) is 12.1 Å². The van der Waals surface area contributed by atoms with Crippen LogP contribution in [0, 0.1) is 5.92 Å². The van der Waals surface area contributed by atoms with E-state index >= 15 is 0 Å². The lowest BCUT2D eigenvalue weighted by atomic mass is 9.99. The molecule has 1 N–H and O–H groups in total. The van der Waals surface area contributed by atoms with Crippen LogP contribution in [0.3, 0.4) is 0 Å². The number of amides is 1. The number of carbonyl (C=O) groups is 1. The second-order valence-corrected chi connectivity index (χ2v) is 5.44. The minimum Gasteiger partial charge on any atom is -0.351 e. The van der Waals surface area contributed by atoms with Crippen molar-refractivity contribution in [3.8, 4) is 0 Å². The van der Waals surface area contributed by atoms with Gasteiger partial charge in [-0.1, -0.05) is 26.7 Å². The van der Waals surface area contributed by atoms with Gasteiger partial charge in [0, 0.05) is 12.1 Å². The molecule has 118 valence electrons. The molecule has 0 saturated heterocycles. The minimum absolute atomic E-state index is 0.182. The van der Waals surface area contributed by atoms with Gasteiger partial charge in [-0.2, -0.15) is 13.2 Å². The Balaban J connectivity index is 2.60. The van der Waals surface area contributed by atoms with Crippen LogP contribution in [0.5, 0.6) is 0 Å². The summed E-state index contributed by atoms with van der Waals surface area (Å²) in [5.41, 5.74) is -0.581. The van der Waals surface area contributed by atoms with Gasteiger partial charge in [-0.05, 0) is 30.2 Å². The quantitative estimate of drug-likeness (QED) is 0.769. The highest BCUT2D eigenvalue weighted by molar-refractivity contribution is 6.21. The number of halogens is 4. The second-order valence-electron chi connectivity index (χ2n) is 4.88. The topological polar surface area (TPSA) is 29.1 Å². The lowest BCUT2D eigenvalue weighted by molar-refractivity contribution is -0.137. The number of alkyl halides is 4.